The highest BCUT2D eigenvalue weighted by Crippen LogP contribution is 2.39. The minimum atomic E-state index is -4.53. The van der Waals surface area contributed by atoms with Gasteiger partial charge in [-0.3, -0.25) is 0 Å². The first-order valence-corrected chi connectivity index (χ1v) is 9.50. The third-order valence-electron chi connectivity index (χ3n) is 5.26. The Bertz CT molecular complexity index is 1020. The van der Waals surface area contributed by atoms with Crippen molar-refractivity contribution in [3.63, 3.8) is 0 Å². The Morgan fingerprint density at radius 1 is 1.28 bits per heavy atom. The molecular weight excluding hydrogens is 385 g/mol. The normalized spacial score (nSPS) is 18.3. The van der Waals surface area contributed by atoms with Crippen molar-refractivity contribution in [2.24, 2.45) is 0 Å². The van der Waals surface area contributed by atoms with Gasteiger partial charge < -0.3 is 19.7 Å². The molecule has 0 spiro atoms. The van der Waals surface area contributed by atoms with Gasteiger partial charge in [0.05, 0.1) is 17.2 Å². The number of rotatable bonds is 4. The van der Waals surface area contributed by atoms with Gasteiger partial charge in [-0.1, -0.05) is 6.92 Å². The van der Waals surface area contributed by atoms with Gasteiger partial charge in [-0.2, -0.15) is 13.2 Å². The molecule has 29 heavy (non-hydrogen) atoms. The summed E-state index contributed by atoms with van der Waals surface area (Å²) in [6.07, 6.45) is -0.977. The molecule has 0 amide bonds. The van der Waals surface area contributed by atoms with Crippen LogP contribution < -0.4 is 5.32 Å². The van der Waals surface area contributed by atoms with E-state index in [4.69, 9.17) is 4.42 Å². The number of phenols is 1. The van der Waals surface area contributed by atoms with E-state index >= 15 is 0 Å². The lowest BCUT2D eigenvalue weighted by atomic mass is 10.0. The first kappa shape index (κ1) is 19.5. The fourth-order valence-electron chi connectivity index (χ4n) is 3.73. The molecule has 4 rings (SSSR count). The first-order valence-electron chi connectivity index (χ1n) is 9.50. The predicted molar refractivity (Wildman–Crippen MR) is 103 cm³/mol. The largest absolute Gasteiger partial charge is 0.507 e. The number of aromatic hydroxyl groups is 1. The van der Waals surface area contributed by atoms with Crippen LogP contribution in [0.1, 0.15) is 25.3 Å². The number of benzene rings is 1. The number of likely N-dealkylation sites (N-methyl/N-ethyl adjacent to an activating group) is 1. The maximum Gasteiger partial charge on any atom is 0.416 e. The van der Waals surface area contributed by atoms with Crippen molar-refractivity contribution < 1.29 is 22.7 Å². The zero-order valence-corrected chi connectivity index (χ0v) is 15.8. The topological polar surface area (TPSA) is 74.4 Å². The summed E-state index contributed by atoms with van der Waals surface area (Å²) in [6, 6.07) is 4.67. The van der Waals surface area contributed by atoms with Crippen molar-refractivity contribution >= 4 is 16.8 Å². The van der Waals surface area contributed by atoms with E-state index in [0.717, 1.165) is 38.5 Å². The highest BCUT2D eigenvalue weighted by atomic mass is 19.4. The average Bonchev–Trinajstić information content (AvgIpc) is 3.18. The van der Waals surface area contributed by atoms with Crippen molar-refractivity contribution in [3.05, 3.63) is 36.1 Å². The predicted octanol–water partition coefficient (Wildman–Crippen LogP) is 4.51. The SMILES string of the molecule is CCN1CCC[C@@H](Nc2nnc(-c3ccc(C(F)(F)F)cc3O)c3ccoc23)C1. The minimum absolute atomic E-state index is 0.165. The molecule has 2 N–H and O–H groups in total. The Labute approximate surface area is 165 Å². The van der Waals surface area contributed by atoms with Crippen molar-refractivity contribution in [1.29, 1.82) is 0 Å². The minimum Gasteiger partial charge on any atom is -0.507 e. The van der Waals surface area contributed by atoms with E-state index in [1.807, 2.05) is 0 Å². The Balaban J connectivity index is 1.67. The molecule has 0 saturated carbocycles. The third-order valence-corrected chi connectivity index (χ3v) is 5.26. The summed E-state index contributed by atoms with van der Waals surface area (Å²) in [5, 5.41) is 22.5. The number of furan rings is 1. The highest BCUT2D eigenvalue weighted by Gasteiger charge is 2.31. The number of fused-ring (bicyclic) bond motifs is 1. The number of anilines is 1. The maximum absolute atomic E-state index is 12.9. The molecule has 1 saturated heterocycles. The van der Waals surface area contributed by atoms with Crippen LogP contribution in [0, 0.1) is 0 Å². The van der Waals surface area contributed by atoms with Gasteiger partial charge in [0.15, 0.2) is 11.4 Å². The van der Waals surface area contributed by atoms with Crippen molar-refractivity contribution in [2.45, 2.75) is 32.0 Å². The van der Waals surface area contributed by atoms with Crippen LogP contribution in [0.4, 0.5) is 19.0 Å². The molecule has 1 aliphatic heterocycles. The average molecular weight is 406 g/mol. The molecule has 0 aliphatic carbocycles. The van der Waals surface area contributed by atoms with Crippen LogP contribution in [0.3, 0.4) is 0 Å². The zero-order chi connectivity index (χ0) is 20.6. The molecule has 3 aromatic rings. The van der Waals surface area contributed by atoms with Gasteiger partial charge in [0.2, 0.25) is 0 Å². The zero-order valence-electron chi connectivity index (χ0n) is 15.8. The van der Waals surface area contributed by atoms with Crippen LogP contribution >= 0.6 is 0 Å². The molecule has 9 heteroatoms. The highest BCUT2D eigenvalue weighted by molar-refractivity contribution is 5.97. The molecule has 0 radical (unpaired) electrons. The lowest BCUT2D eigenvalue weighted by molar-refractivity contribution is -0.137. The van der Waals surface area contributed by atoms with Gasteiger partial charge in [0, 0.05) is 18.2 Å². The number of hydrogen-bond acceptors (Lipinski definition) is 6. The fraction of sp³-hybridized carbons (Fsp3) is 0.400. The number of hydrogen-bond donors (Lipinski definition) is 2. The number of alkyl halides is 3. The van der Waals surface area contributed by atoms with E-state index in [9.17, 15) is 18.3 Å². The second-order valence-corrected chi connectivity index (χ2v) is 7.17. The number of nitrogens with zero attached hydrogens (tertiary/aromatic N) is 3. The van der Waals surface area contributed by atoms with E-state index in [1.54, 1.807) is 6.07 Å². The van der Waals surface area contributed by atoms with Gasteiger partial charge >= 0.3 is 6.18 Å². The van der Waals surface area contributed by atoms with Crippen LogP contribution in [-0.2, 0) is 6.18 Å². The van der Waals surface area contributed by atoms with E-state index in [0.29, 0.717) is 22.9 Å². The summed E-state index contributed by atoms with van der Waals surface area (Å²) in [7, 11) is 0. The second kappa shape index (κ2) is 7.55. The Hall–Kier alpha value is -2.81. The number of nitrogens with one attached hydrogen (secondary N) is 1. The molecule has 0 bridgehead atoms. The van der Waals surface area contributed by atoms with Crippen molar-refractivity contribution in [2.75, 3.05) is 25.0 Å². The molecule has 1 atom stereocenters. The third kappa shape index (κ3) is 3.87. The van der Waals surface area contributed by atoms with Crippen LogP contribution in [-0.4, -0.2) is 45.9 Å². The van der Waals surface area contributed by atoms with Crippen molar-refractivity contribution in [3.8, 4) is 17.0 Å². The lowest BCUT2D eigenvalue weighted by Crippen LogP contribution is -2.42. The summed E-state index contributed by atoms with van der Waals surface area (Å²) < 4.78 is 44.2. The summed E-state index contributed by atoms with van der Waals surface area (Å²) in [5.74, 6) is -0.0219. The van der Waals surface area contributed by atoms with Gasteiger partial charge in [-0.15, -0.1) is 10.2 Å². The van der Waals surface area contributed by atoms with E-state index in [1.165, 1.54) is 12.3 Å². The van der Waals surface area contributed by atoms with E-state index < -0.39 is 17.5 Å². The van der Waals surface area contributed by atoms with Gasteiger partial charge in [0.25, 0.3) is 0 Å². The second-order valence-electron chi connectivity index (χ2n) is 7.17. The van der Waals surface area contributed by atoms with E-state index in [-0.39, 0.29) is 17.3 Å². The van der Waals surface area contributed by atoms with Gasteiger partial charge in [-0.25, -0.2) is 0 Å². The number of halogens is 3. The first-order chi connectivity index (χ1) is 13.9. The van der Waals surface area contributed by atoms with E-state index in [2.05, 4.69) is 27.3 Å². The molecule has 6 nitrogen and oxygen atoms in total. The number of aromatic nitrogens is 2. The van der Waals surface area contributed by atoms with Gasteiger partial charge in [-0.05, 0) is 50.2 Å². The lowest BCUT2D eigenvalue weighted by Gasteiger charge is -2.32. The molecule has 3 heterocycles. The Morgan fingerprint density at radius 3 is 2.83 bits per heavy atom. The standard InChI is InChI=1S/C20H21F3N4O2/c1-2-27-8-3-4-13(11-27)24-19-18-15(7-9-29-18)17(25-26-19)14-6-5-12(10-16(14)28)20(21,22)23/h5-7,9-10,13,28H,2-4,8,11H2,1H3,(H,24,26)/t13-/m1/s1. The van der Waals surface area contributed by atoms with Crippen LogP contribution in [0.5, 0.6) is 5.75 Å². The van der Waals surface area contributed by atoms with Crippen LogP contribution in [0.15, 0.2) is 34.9 Å². The summed E-state index contributed by atoms with van der Waals surface area (Å²) in [6.45, 7) is 5.06. The number of phenolic OH excluding ortho intramolecular Hbond substituents is 1. The quantitative estimate of drug-likeness (QED) is 0.664. The monoisotopic (exact) mass is 406 g/mol. The number of piperidine rings is 1. The molecule has 154 valence electrons. The van der Waals surface area contributed by atoms with Gasteiger partial charge in [0.1, 0.15) is 11.4 Å². The van der Waals surface area contributed by atoms with Crippen molar-refractivity contribution in [1.82, 2.24) is 15.1 Å². The molecule has 0 unspecified atom stereocenters. The summed E-state index contributed by atoms with van der Waals surface area (Å²) in [4.78, 5) is 2.35. The molecule has 1 aliphatic rings. The summed E-state index contributed by atoms with van der Waals surface area (Å²) in [5.41, 5.74) is -0.0308. The molecular formula is C20H21F3N4O2. The fourth-order valence-corrected chi connectivity index (χ4v) is 3.73. The van der Waals surface area contributed by atoms with Crippen LogP contribution in [0.25, 0.3) is 22.2 Å². The Morgan fingerprint density at radius 2 is 2.10 bits per heavy atom. The molecule has 1 aromatic carbocycles. The van der Waals surface area contributed by atoms with Crippen LogP contribution in [0.2, 0.25) is 0 Å². The maximum atomic E-state index is 12.9. The molecule has 1 fully saturated rings. The molecule has 2 aromatic heterocycles. The smallest absolute Gasteiger partial charge is 0.416 e. The number of likely N-dealkylation sites (tertiary alicyclic amines) is 1. The Kier molecular flexibility index (Phi) is 5.08. The summed E-state index contributed by atoms with van der Waals surface area (Å²) >= 11 is 0.